The Hall–Kier alpha value is -4.15. The lowest BCUT2D eigenvalue weighted by Gasteiger charge is -2.34. The molecule has 0 bridgehead atoms. The number of halogens is 1. The highest BCUT2D eigenvalue weighted by atomic mass is 79.9. The van der Waals surface area contributed by atoms with E-state index in [9.17, 15) is 18.0 Å². The van der Waals surface area contributed by atoms with Gasteiger partial charge in [-0.25, -0.2) is 8.42 Å². The topological polar surface area (TPSA) is 96.0 Å². The van der Waals surface area contributed by atoms with Crippen LogP contribution in [0.15, 0.2) is 119 Å². The first kappa shape index (κ1) is 34.7. The van der Waals surface area contributed by atoms with E-state index < -0.39 is 28.5 Å². The summed E-state index contributed by atoms with van der Waals surface area (Å²) in [5.74, 6) is -0.0502. The fourth-order valence-corrected chi connectivity index (χ4v) is 6.81. The van der Waals surface area contributed by atoms with Crippen molar-refractivity contribution in [1.29, 1.82) is 0 Å². The molecule has 8 nitrogen and oxygen atoms in total. The maximum atomic E-state index is 14.5. The predicted molar refractivity (Wildman–Crippen MR) is 185 cm³/mol. The molecule has 0 aliphatic heterocycles. The van der Waals surface area contributed by atoms with Gasteiger partial charge in [-0.3, -0.25) is 13.9 Å². The summed E-state index contributed by atoms with van der Waals surface area (Å²) < 4.78 is 35.7. The molecule has 0 heterocycles. The standard InChI is InChI=1S/C36H40BrN3O5S/c1-4-45-32-20-18-31(19-21-32)40(46(43,44)33-16-9-6-10-17-33)26-35(41)39(25-29-14-11-15-30(37)22-29)34(36(42)38-24-27(2)3)23-28-12-7-5-8-13-28/h5-22,27,34H,4,23-26H2,1-3H3,(H,38,42). The normalized spacial score (nSPS) is 11.9. The molecule has 0 saturated heterocycles. The molecule has 10 heteroatoms. The molecule has 0 saturated carbocycles. The van der Waals surface area contributed by atoms with E-state index in [-0.39, 0.29) is 29.7 Å². The zero-order valence-electron chi connectivity index (χ0n) is 26.3. The molecular weight excluding hydrogens is 666 g/mol. The van der Waals surface area contributed by atoms with Crippen LogP contribution < -0.4 is 14.4 Å². The summed E-state index contributed by atoms with van der Waals surface area (Å²) in [5.41, 5.74) is 1.96. The van der Waals surface area contributed by atoms with Gasteiger partial charge in [0.05, 0.1) is 17.2 Å². The highest BCUT2D eigenvalue weighted by Crippen LogP contribution is 2.27. The van der Waals surface area contributed by atoms with Crippen LogP contribution in [0.25, 0.3) is 0 Å². The van der Waals surface area contributed by atoms with Crippen molar-refractivity contribution in [2.45, 2.75) is 44.7 Å². The summed E-state index contributed by atoms with van der Waals surface area (Å²) in [4.78, 5) is 29.9. The highest BCUT2D eigenvalue weighted by Gasteiger charge is 2.34. The molecule has 0 spiro atoms. The number of nitrogens with zero attached hydrogens (tertiary/aromatic N) is 2. The molecule has 0 aliphatic carbocycles. The Balaban J connectivity index is 1.79. The van der Waals surface area contributed by atoms with Crippen LogP contribution in [0.4, 0.5) is 5.69 Å². The number of ether oxygens (including phenoxy) is 1. The van der Waals surface area contributed by atoms with Crippen LogP contribution in [0.5, 0.6) is 5.75 Å². The molecule has 0 aliphatic rings. The van der Waals surface area contributed by atoms with Gasteiger partial charge in [0.1, 0.15) is 18.3 Å². The molecule has 0 fully saturated rings. The highest BCUT2D eigenvalue weighted by molar-refractivity contribution is 9.10. The van der Waals surface area contributed by atoms with E-state index in [1.54, 1.807) is 42.5 Å². The number of hydrogen-bond acceptors (Lipinski definition) is 5. The van der Waals surface area contributed by atoms with E-state index in [4.69, 9.17) is 4.74 Å². The van der Waals surface area contributed by atoms with Gasteiger partial charge in [-0.05, 0) is 72.5 Å². The summed E-state index contributed by atoms with van der Waals surface area (Å²) in [5, 5.41) is 3.01. The Labute approximate surface area is 280 Å². The van der Waals surface area contributed by atoms with E-state index in [0.29, 0.717) is 24.6 Å². The van der Waals surface area contributed by atoms with Gasteiger partial charge in [0.2, 0.25) is 11.8 Å². The number of hydrogen-bond donors (Lipinski definition) is 1. The molecule has 0 aromatic heterocycles. The quantitative estimate of drug-likeness (QED) is 0.153. The van der Waals surface area contributed by atoms with Crippen LogP contribution in [0.2, 0.25) is 0 Å². The third-order valence-electron chi connectivity index (χ3n) is 7.24. The summed E-state index contributed by atoms with van der Waals surface area (Å²) in [6.07, 6.45) is 0.249. The first-order valence-corrected chi connectivity index (χ1v) is 17.5. The number of anilines is 1. The minimum atomic E-state index is -4.18. The van der Waals surface area contributed by atoms with Gasteiger partial charge >= 0.3 is 0 Å². The van der Waals surface area contributed by atoms with Crippen molar-refractivity contribution < 1.29 is 22.7 Å². The Morgan fingerprint density at radius 3 is 2.09 bits per heavy atom. The van der Waals surface area contributed by atoms with Crippen molar-refractivity contribution in [3.05, 3.63) is 125 Å². The fraction of sp³-hybridized carbons (Fsp3) is 0.278. The minimum absolute atomic E-state index is 0.0470. The SMILES string of the molecule is CCOc1ccc(N(CC(=O)N(Cc2cccc(Br)c2)C(Cc2ccccc2)C(=O)NCC(C)C)S(=O)(=O)c2ccccc2)cc1. The number of rotatable bonds is 15. The van der Waals surface area contributed by atoms with E-state index >= 15 is 0 Å². The summed E-state index contributed by atoms with van der Waals surface area (Å²) in [6.45, 7) is 6.32. The maximum Gasteiger partial charge on any atom is 0.264 e. The lowest BCUT2D eigenvalue weighted by Crippen LogP contribution is -2.53. The average Bonchev–Trinajstić information content (AvgIpc) is 3.05. The monoisotopic (exact) mass is 705 g/mol. The zero-order chi connectivity index (χ0) is 33.1. The van der Waals surface area contributed by atoms with E-state index in [1.165, 1.54) is 17.0 Å². The number of amides is 2. The molecule has 1 unspecified atom stereocenters. The fourth-order valence-electron chi connectivity index (χ4n) is 4.93. The van der Waals surface area contributed by atoms with Crippen molar-refractivity contribution in [3.63, 3.8) is 0 Å². The lowest BCUT2D eigenvalue weighted by molar-refractivity contribution is -0.140. The molecule has 4 aromatic carbocycles. The van der Waals surface area contributed by atoms with Crippen molar-refractivity contribution in [1.82, 2.24) is 10.2 Å². The molecule has 1 atom stereocenters. The summed E-state index contributed by atoms with van der Waals surface area (Å²) >= 11 is 3.51. The first-order chi connectivity index (χ1) is 22.1. The largest absolute Gasteiger partial charge is 0.494 e. The van der Waals surface area contributed by atoms with Crippen LogP contribution in [0.3, 0.4) is 0 Å². The number of carbonyl (C=O) groups excluding carboxylic acids is 2. The van der Waals surface area contributed by atoms with Gasteiger partial charge in [-0.15, -0.1) is 0 Å². The van der Waals surface area contributed by atoms with Gasteiger partial charge in [-0.2, -0.15) is 0 Å². The summed E-state index contributed by atoms with van der Waals surface area (Å²) in [6, 6.07) is 30.7. The second-order valence-corrected chi connectivity index (χ2v) is 14.0. The lowest BCUT2D eigenvalue weighted by atomic mass is 10.0. The Morgan fingerprint density at radius 1 is 0.848 bits per heavy atom. The van der Waals surface area contributed by atoms with Crippen LogP contribution in [0, 0.1) is 5.92 Å². The van der Waals surface area contributed by atoms with Crippen molar-refractivity contribution >= 4 is 43.5 Å². The molecule has 46 heavy (non-hydrogen) atoms. The van der Waals surface area contributed by atoms with Gasteiger partial charge in [0.15, 0.2) is 0 Å². The molecule has 242 valence electrons. The predicted octanol–water partition coefficient (Wildman–Crippen LogP) is 6.46. The van der Waals surface area contributed by atoms with Gasteiger partial charge < -0.3 is 15.0 Å². The van der Waals surface area contributed by atoms with Crippen molar-refractivity contribution in [2.75, 3.05) is 24.0 Å². The zero-order valence-corrected chi connectivity index (χ0v) is 28.7. The molecule has 2 amide bonds. The third-order valence-corrected chi connectivity index (χ3v) is 9.52. The molecule has 0 radical (unpaired) electrons. The minimum Gasteiger partial charge on any atom is -0.494 e. The molecule has 4 rings (SSSR count). The van der Waals surface area contributed by atoms with E-state index in [2.05, 4.69) is 21.2 Å². The van der Waals surface area contributed by atoms with Gasteiger partial charge in [0, 0.05) is 24.0 Å². The average molecular weight is 707 g/mol. The Morgan fingerprint density at radius 2 is 1.48 bits per heavy atom. The maximum absolute atomic E-state index is 14.5. The van der Waals surface area contributed by atoms with Gasteiger partial charge in [0.25, 0.3) is 10.0 Å². The van der Waals surface area contributed by atoms with Gasteiger partial charge in [-0.1, -0.05) is 90.4 Å². The molecular formula is C36H40BrN3O5S. The van der Waals surface area contributed by atoms with Crippen LogP contribution in [-0.2, 0) is 32.6 Å². The third kappa shape index (κ3) is 9.43. The van der Waals surface area contributed by atoms with Crippen LogP contribution in [0.1, 0.15) is 31.9 Å². The number of benzene rings is 4. The Kier molecular flexibility index (Phi) is 12.4. The van der Waals surface area contributed by atoms with E-state index in [0.717, 1.165) is 19.9 Å². The van der Waals surface area contributed by atoms with Crippen molar-refractivity contribution in [2.24, 2.45) is 5.92 Å². The smallest absolute Gasteiger partial charge is 0.264 e. The number of sulfonamides is 1. The number of carbonyl (C=O) groups is 2. The van der Waals surface area contributed by atoms with Crippen molar-refractivity contribution in [3.8, 4) is 5.75 Å². The van der Waals surface area contributed by atoms with Crippen LogP contribution >= 0.6 is 15.9 Å². The second kappa shape index (κ2) is 16.4. The van der Waals surface area contributed by atoms with E-state index in [1.807, 2.05) is 75.4 Å². The second-order valence-electron chi connectivity index (χ2n) is 11.2. The Bertz CT molecular complexity index is 1680. The van der Waals surface area contributed by atoms with Crippen LogP contribution in [-0.4, -0.2) is 50.9 Å². The molecule has 1 N–H and O–H groups in total. The number of nitrogens with one attached hydrogen (secondary N) is 1. The molecule has 4 aromatic rings. The first-order valence-electron chi connectivity index (χ1n) is 15.2. The summed E-state index contributed by atoms with van der Waals surface area (Å²) in [7, 11) is -4.18.